The lowest BCUT2D eigenvalue weighted by molar-refractivity contribution is 0.414. The molecule has 0 aliphatic heterocycles. The minimum atomic E-state index is 0.459. The maximum atomic E-state index is 8.61. The Morgan fingerprint density at radius 1 is 1.38 bits per heavy atom. The summed E-state index contributed by atoms with van der Waals surface area (Å²) in [6.45, 7) is 0. The van der Waals surface area contributed by atoms with Gasteiger partial charge in [-0.1, -0.05) is 0 Å². The van der Waals surface area contributed by atoms with E-state index in [1.54, 1.807) is 7.11 Å². The summed E-state index contributed by atoms with van der Waals surface area (Å²) in [6, 6.07) is 6.03. The third-order valence-corrected chi connectivity index (χ3v) is 3.53. The van der Waals surface area contributed by atoms with Gasteiger partial charge >= 0.3 is 0 Å². The number of nitriles is 1. The number of nitrogens with zero attached hydrogens (tertiary/aromatic N) is 1. The Kier molecular flexibility index (Phi) is 4.25. The molecule has 0 aliphatic carbocycles. The van der Waals surface area contributed by atoms with Crippen molar-refractivity contribution in [3.05, 3.63) is 24.8 Å². The molecule has 0 aromatic heterocycles. The highest BCUT2D eigenvalue weighted by Crippen LogP contribution is 2.25. The molecule has 0 fully saturated rings. The van der Waals surface area contributed by atoms with Crippen LogP contribution in [0.4, 0.5) is 0 Å². The quantitative estimate of drug-likeness (QED) is 0.717. The summed E-state index contributed by atoms with van der Waals surface area (Å²) < 4.78 is 7.29. The van der Waals surface area contributed by atoms with Gasteiger partial charge in [-0.25, -0.2) is 0 Å². The van der Waals surface area contributed by atoms with Crippen LogP contribution in [-0.2, 0) is 6.42 Å². The fourth-order valence-corrected chi connectivity index (χ4v) is 3.04. The average Bonchev–Trinajstić information content (AvgIpc) is 2.11. The van der Waals surface area contributed by atoms with Crippen LogP contribution < -0.4 is 4.74 Å². The zero-order valence-electron chi connectivity index (χ0n) is 6.97. The highest BCUT2D eigenvalue weighted by Gasteiger charge is 2.06. The van der Waals surface area contributed by atoms with Crippen LogP contribution >= 0.6 is 45.2 Å². The predicted molar refractivity (Wildman–Crippen MR) is 67.7 cm³/mol. The van der Waals surface area contributed by atoms with Crippen molar-refractivity contribution in [2.75, 3.05) is 7.11 Å². The van der Waals surface area contributed by atoms with Crippen molar-refractivity contribution >= 4 is 45.2 Å². The van der Waals surface area contributed by atoms with Gasteiger partial charge in [0, 0.05) is 7.14 Å². The van der Waals surface area contributed by atoms with Crippen molar-refractivity contribution in [3.63, 3.8) is 0 Å². The summed E-state index contributed by atoms with van der Waals surface area (Å²) in [6.07, 6.45) is 0.459. The van der Waals surface area contributed by atoms with E-state index in [1.165, 1.54) is 0 Å². The Morgan fingerprint density at radius 2 is 1.92 bits per heavy atom. The first-order valence-corrected chi connectivity index (χ1v) is 5.73. The molecule has 0 heterocycles. The molecule has 0 saturated heterocycles. The normalized spacial score (nSPS) is 9.38. The van der Waals surface area contributed by atoms with Crippen LogP contribution in [0.3, 0.4) is 0 Å². The van der Waals surface area contributed by atoms with Gasteiger partial charge in [0.1, 0.15) is 5.75 Å². The molecule has 0 atom stereocenters. The van der Waals surface area contributed by atoms with Gasteiger partial charge in [0.15, 0.2) is 0 Å². The second-order valence-corrected chi connectivity index (χ2v) is 4.73. The van der Waals surface area contributed by atoms with E-state index in [0.717, 1.165) is 18.5 Å². The van der Waals surface area contributed by atoms with Crippen LogP contribution in [0.25, 0.3) is 0 Å². The van der Waals surface area contributed by atoms with Gasteiger partial charge in [-0.05, 0) is 62.9 Å². The van der Waals surface area contributed by atoms with Crippen LogP contribution in [0.15, 0.2) is 12.1 Å². The van der Waals surface area contributed by atoms with Gasteiger partial charge in [0.2, 0.25) is 0 Å². The Balaban J connectivity index is 3.16. The molecule has 2 nitrogen and oxygen atoms in total. The molecule has 1 aromatic carbocycles. The molecular weight excluding hydrogens is 392 g/mol. The highest BCUT2D eigenvalue weighted by atomic mass is 127. The standard InChI is InChI=1S/C9H7I2NO/c1-13-6-4-8(10)7(2-3-12)9(11)5-6/h4-5H,2H2,1H3. The summed E-state index contributed by atoms with van der Waals surface area (Å²) in [7, 11) is 1.64. The largest absolute Gasteiger partial charge is 0.497 e. The lowest BCUT2D eigenvalue weighted by atomic mass is 10.2. The second kappa shape index (κ2) is 5.00. The minimum absolute atomic E-state index is 0.459. The molecule has 13 heavy (non-hydrogen) atoms. The second-order valence-electron chi connectivity index (χ2n) is 2.40. The van der Waals surface area contributed by atoms with Crippen molar-refractivity contribution < 1.29 is 4.74 Å². The van der Waals surface area contributed by atoms with E-state index in [9.17, 15) is 0 Å². The van der Waals surface area contributed by atoms with Crippen LogP contribution in [0.1, 0.15) is 5.56 Å². The molecule has 0 N–H and O–H groups in total. The maximum absolute atomic E-state index is 8.61. The van der Waals surface area contributed by atoms with Gasteiger partial charge in [-0.3, -0.25) is 0 Å². The molecule has 0 unspecified atom stereocenters. The van der Waals surface area contributed by atoms with Crippen molar-refractivity contribution in [1.29, 1.82) is 5.26 Å². The summed E-state index contributed by atoms with van der Waals surface area (Å²) in [5, 5.41) is 8.61. The minimum Gasteiger partial charge on any atom is -0.497 e. The summed E-state index contributed by atoms with van der Waals surface area (Å²) in [5.74, 6) is 0.843. The van der Waals surface area contributed by atoms with E-state index in [-0.39, 0.29) is 0 Å². The van der Waals surface area contributed by atoms with Crippen molar-refractivity contribution in [2.45, 2.75) is 6.42 Å². The Labute approximate surface area is 105 Å². The Hall–Kier alpha value is -0.0300. The topological polar surface area (TPSA) is 33.0 Å². The molecule has 68 valence electrons. The molecule has 1 rings (SSSR count). The van der Waals surface area contributed by atoms with Gasteiger partial charge in [0.05, 0.1) is 19.6 Å². The monoisotopic (exact) mass is 399 g/mol. The molecule has 0 aliphatic rings. The number of benzene rings is 1. The zero-order valence-corrected chi connectivity index (χ0v) is 11.3. The molecule has 1 aromatic rings. The summed E-state index contributed by atoms with van der Waals surface area (Å²) >= 11 is 4.44. The highest BCUT2D eigenvalue weighted by molar-refractivity contribution is 14.1. The number of rotatable bonds is 2. The van der Waals surface area contributed by atoms with Crippen LogP contribution in [0.2, 0.25) is 0 Å². The lowest BCUT2D eigenvalue weighted by Crippen LogP contribution is -1.94. The van der Waals surface area contributed by atoms with Crippen LogP contribution in [0, 0.1) is 18.5 Å². The third kappa shape index (κ3) is 2.71. The molecular formula is C9H7I2NO. The maximum Gasteiger partial charge on any atom is 0.120 e. The van der Waals surface area contributed by atoms with E-state index >= 15 is 0 Å². The third-order valence-electron chi connectivity index (χ3n) is 1.61. The lowest BCUT2D eigenvalue weighted by Gasteiger charge is -2.06. The van der Waals surface area contributed by atoms with Crippen molar-refractivity contribution in [1.82, 2.24) is 0 Å². The molecule has 4 heteroatoms. The number of hydrogen-bond donors (Lipinski definition) is 0. The SMILES string of the molecule is COc1cc(I)c(CC#N)c(I)c1. The van der Waals surface area contributed by atoms with E-state index in [0.29, 0.717) is 6.42 Å². The number of methoxy groups -OCH3 is 1. The fourth-order valence-electron chi connectivity index (χ4n) is 0.946. The number of hydrogen-bond acceptors (Lipinski definition) is 2. The molecule has 0 spiro atoms. The first kappa shape index (κ1) is 11.0. The molecule has 0 amide bonds. The average molecular weight is 399 g/mol. The van der Waals surface area contributed by atoms with Gasteiger partial charge < -0.3 is 4.74 Å². The number of ether oxygens (including phenoxy) is 1. The molecule has 0 bridgehead atoms. The van der Waals surface area contributed by atoms with Crippen molar-refractivity contribution in [2.24, 2.45) is 0 Å². The first-order valence-electron chi connectivity index (χ1n) is 3.58. The van der Waals surface area contributed by atoms with Gasteiger partial charge in [-0.15, -0.1) is 0 Å². The zero-order chi connectivity index (χ0) is 9.84. The van der Waals surface area contributed by atoms with Crippen molar-refractivity contribution in [3.8, 4) is 11.8 Å². The molecule has 0 saturated carbocycles. The molecule has 0 radical (unpaired) electrons. The fraction of sp³-hybridized carbons (Fsp3) is 0.222. The Bertz CT molecular complexity index is 334. The van der Waals surface area contributed by atoms with E-state index in [1.807, 2.05) is 12.1 Å². The first-order chi connectivity index (χ1) is 6.19. The summed E-state index contributed by atoms with van der Waals surface area (Å²) in [4.78, 5) is 0. The summed E-state index contributed by atoms with van der Waals surface area (Å²) in [5.41, 5.74) is 1.09. The number of halogens is 2. The van der Waals surface area contributed by atoms with Gasteiger partial charge in [0.25, 0.3) is 0 Å². The van der Waals surface area contributed by atoms with E-state index in [4.69, 9.17) is 10.00 Å². The van der Waals surface area contributed by atoms with E-state index in [2.05, 4.69) is 51.3 Å². The van der Waals surface area contributed by atoms with E-state index < -0.39 is 0 Å². The predicted octanol–water partition coefficient (Wildman–Crippen LogP) is 2.97. The Morgan fingerprint density at radius 3 is 2.31 bits per heavy atom. The van der Waals surface area contributed by atoms with Crippen LogP contribution in [-0.4, -0.2) is 7.11 Å². The smallest absolute Gasteiger partial charge is 0.120 e. The van der Waals surface area contributed by atoms with Gasteiger partial charge in [-0.2, -0.15) is 5.26 Å². The van der Waals surface area contributed by atoms with Crippen LogP contribution in [0.5, 0.6) is 5.75 Å².